The van der Waals surface area contributed by atoms with Crippen molar-refractivity contribution in [1.82, 2.24) is 0 Å². The number of rotatable bonds is 6. The van der Waals surface area contributed by atoms with E-state index < -0.39 is 5.97 Å². The topological polar surface area (TPSA) is 37.3 Å². The molecule has 2 aliphatic rings. The third-order valence-corrected chi connectivity index (χ3v) is 8.06. The molecule has 0 spiro atoms. The number of carbonyl (C=O) groups is 1. The highest BCUT2D eigenvalue weighted by atomic mass is 32.2. The van der Waals surface area contributed by atoms with Gasteiger partial charge in [-0.05, 0) is 81.1 Å². The maximum absolute atomic E-state index is 12.1. The fourth-order valence-corrected chi connectivity index (χ4v) is 6.23. The average Bonchev–Trinajstić information content (AvgIpc) is 2.72. The average molecular weight is 449 g/mol. The normalized spacial score (nSPS) is 22.3. The van der Waals surface area contributed by atoms with Crippen LogP contribution >= 0.6 is 11.8 Å². The van der Waals surface area contributed by atoms with Gasteiger partial charge in [-0.3, -0.25) is 0 Å². The maximum Gasteiger partial charge on any atom is 0.332 e. The van der Waals surface area contributed by atoms with Crippen molar-refractivity contribution in [3.8, 4) is 0 Å². The number of allylic oxidation sites excluding steroid dienone is 9. The summed E-state index contributed by atoms with van der Waals surface area (Å²) in [4.78, 5) is 13.3. The molecule has 170 valence electrons. The third kappa shape index (κ3) is 5.95. The monoisotopic (exact) mass is 448 g/mol. The molecule has 0 saturated heterocycles. The van der Waals surface area contributed by atoms with E-state index in [1.165, 1.54) is 40.9 Å². The zero-order chi connectivity index (χ0) is 23.3. The van der Waals surface area contributed by atoms with Crippen LogP contribution in [0.1, 0.15) is 65.9 Å². The quantitative estimate of drug-likeness (QED) is 0.353. The first kappa shape index (κ1) is 24.4. The minimum absolute atomic E-state index is 0.0135. The van der Waals surface area contributed by atoms with Gasteiger partial charge in [0.05, 0.1) is 5.57 Å². The molecule has 1 aromatic rings. The number of aryl methyl sites for hydroxylation is 1. The van der Waals surface area contributed by atoms with Crippen LogP contribution in [0.2, 0.25) is 0 Å². The molecule has 1 aliphatic heterocycles. The van der Waals surface area contributed by atoms with Crippen LogP contribution < -0.4 is 0 Å². The third-order valence-electron chi connectivity index (χ3n) is 6.66. The van der Waals surface area contributed by atoms with Crippen LogP contribution in [0.4, 0.5) is 0 Å². The lowest BCUT2D eigenvalue weighted by atomic mass is 9.72. The predicted molar refractivity (Wildman–Crippen MR) is 137 cm³/mol. The largest absolute Gasteiger partial charge is 0.478 e. The van der Waals surface area contributed by atoms with Gasteiger partial charge in [-0.15, -0.1) is 11.8 Å². The van der Waals surface area contributed by atoms with E-state index in [-0.39, 0.29) is 10.7 Å². The van der Waals surface area contributed by atoms with Gasteiger partial charge in [0.15, 0.2) is 0 Å². The second-order valence-electron chi connectivity index (χ2n) is 9.69. The van der Waals surface area contributed by atoms with Gasteiger partial charge < -0.3 is 5.11 Å². The smallest absolute Gasteiger partial charge is 0.332 e. The summed E-state index contributed by atoms with van der Waals surface area (Å²) in [5.74, 6) is -0.813. The Hall–Kier alpha value is -2.26. The standard InChI is InChI=1S/C29H36O2S/c1-20(15-17-24-21(2)12-9-19-29(24,4)5)10-8-11-22(3)27(28(30)31)26-18-16-23-13-6-7-14-25(23)32-26/h6-8,10-11,13-15,17,26H,9,12,16,18-19H2,1-5H3,(H,30,31). The summed E-state index contributed by atoms with van der Waals surface area (Å²) >= 11 is 1.68. The molecular formula is C29H36O2S. The molecule has 1 aromatic carbocycles. The number of fused-ring (bicyclic) bond motifs is 1. The Kier molecular flexibility index (Phi) is 8.05. The molecule has 1 unspecified atom stereocenters. The van der Waals surface area contributed by atoms with Crippen molar-refractivity contribution in [2.75, 3.05) is 0 Å². The van der Waals surface area contributed by atoms with E-state index in [0.717, 1.165) is 24.0 Å². The first-order valence-electron chi connectivity index (χ1n) is 11.6. The minimum atomic E-state index is -0.813. The second-order valence-corrected chi connectivity index (χ2v) is 10.9. The van der Waals surface area contributed by atoms with Crippen molar-refractivity contribution in [2.24, 2.45) is 5.41 Å². The Morgan fingerprint density at radius 2 is 1.91 bits per heavy atom. The van der Waals surface area contributed by atoms with Crippen LogP contribution in [0.3, 0.4) is 0 Å². The van der Waals surface area contributed by atoms with Crippen molar-refractivity contribution in [2.45, 2.75) is 76.9 Å². The van der Waals surface area contributed by atoms with Crippen molar-refractivity contribution < 1.29 is 9.90 Å². The fraction of sp³-hybridized carbons (Fsp3) is 0.414. The van der Waals surface area contributed by atoms with E-state index >= 15 is 0 Å². The highest BCUT2D eigenvalue weighted by molar-refractivity contribution is 8.00. The fourth-order valence-electron chi connectivity index (χ4n) is 4.80. The minimum Gasteiger partial charge on any atom is -0.478 e. The predicted octanol–water partition coefficient (Wildman–Crippen LogP) is 8.08. The highest BCUT2D eigenvalue weighted by Crippen LogP contribution is 2.41. The molecule has 0 fully saturated rings. The molecule has 0 aromatic heterocycles. The summed E-state index contributed by atoms with van der Waals surface area (Å²) in [7, 11) is 0. The lowest BCUT2D eigenvalue weighted by Gasteiger charge is -2.32. The summed E-state index contributed by atoms with van der Waals surface area (Å²) < 4.78 is 0. The molecule has 1 heterocycles. The number of carboxylic acid groups (broad SMARTS) is 1. The molecule has 1 aliphatic carbocycles. The zero-order valence-electron chi connectivity index (χ0n) is 20.1. The highest BCUT2D eigenvalue weighted by Gasteiger charge is 2.28. The van der Waals surface area contributed by atoms with Crippen LogP contribution in [0.15, 0.2) is 87.4 Å². The molecule has 0 radical (unpaired) electrons. The van der Waals surface area contributed by atoms with Crippen LogP contribution in [-0.4, -0.2) is 16.3 Å². The number of thioether (sulfide) groups is 1. The van der Waals surface area contributed by atoms with E-state index in [0.29, 0.717) is 5.57 Å². The number of benzene rings is 1. The summed E-state index contributed by atoms with van der Waals surface area (Å²) in [6.45, 7) is 10.9. The molecule has 0 bridgehead atoms. The van der Waals surface area contributed by atoms with Crippen molar-refractivity contribution in [3.63, 3.8) is 0 Å². The Morgan fingerprint density at radius 3 is 2.62 bits per heavy atom. The van der Waals surface area contributed by atoms with E-state index in [9.17, 15) is 9.90 Å². The lowest BCUT2D eigenvalue weighted by Crippen LogP contribution is -2.20. The van der Waals surface area contributed by atoms with Crippen LogP contribution in [0.25, 0.3) is 0 Å². The van der Waals surface area contributed by atoms with Gasteiger partial charge in [0, 0.05) is 10.1 Å². The Morgan fingerprint density at radius 1 is 1.16 bits per heavy atom. The summed E-state index contributed by atoms with van der Waals surface area (Å²) in [6, 6.07) is 8.32. The van der Waals surface area contributed by atoms with Crippen molar-refractivity contribution >= 4 is 17.7 Å². The maximum atomic E-state index is 12.1. The zero-order valence-corrected chi connectivity index (χ0v) is 20.9. The number of carboxylic acids is 1. The Bertz CT molecular complexity index is 1020. The van der Waals surface area contributed by atoms with E-state index in [1.54, 1.807) is 11.8 Å². The van der Waals surface area contributed by atoms with E-state index in [1.807, 2.05) is 25.1 Å². The van der Waals surface area contributed by atoms with Crippen LogP contribution in [-0.2, 0) is 11.2 Å². The van der Waals surface area contributed by atoms with Crippen molar-refractivity contribution in [1.29, 1.82) is 0 Å². The van der Waals surface area contributed by atoms with Gasteiger partial charge in [-0.25, -0.2) is 4.79 Å². The van der Waals surface area contributed by atoms with Gasteiger partial charge in [-0.1, -0.05) is 73.6 Å². The van der Waals surface area contributed by atoms with Crippen LogP contribution in [0, 0.1) is 5.41 Å². The van der Waals surface area contributed by atoms with Gasteiger partial charge in [0.25, 0.3) is 0 Å². The summed E-state index contributed by atoms with van der Waals surface area (Å²) in [5.41, 5.74) is 7.02. The molecule has 2 nitrogen and oxygen atoms in total. The first-order chi connectivity index (χ1) is 15.2. The van der Waals surface area contributed by atoms with Gasteiger partial charge in [-0.2, -0.15) is 0 Å². The molecule has 1 atom stereocenters. The van der Waals surface area contributed by atoms with E-state index in [4.69, 9.17) is 0 Å². The Balaban J connectivity index is 1.74. The molecular weight excluding hydrogens is 412 g/mol. The molecule has 32 heavy (non-hydrogen) atoms. The lowest BCUT2D eigenvalue weighted by molar-refractivity contribution is -0.132. The summed E-state index contributed by atoms with van der Waals surface area (Å²) in [5, 5.41) is 9.90. The van der Waals surface area contributed by atoms with Gasteiger partial charge in [0.1, 0.15) is 0 Å². The van der Waals surface area contributed by atoms with Gasteiger partial charge in [0.2, 0.25) is 0 Å². The number of hydrogen-bond acceptors (Lipinski definition) is 2. The molecule has 0 amide bonds. The molecule has 1 N–H and O–H groups in total. The van der Waals surface area contributed by atoms with Crippen LogP contribution in [0.5, 0.6) is 0 Å². The molecule has 3 rings (SSSR count). The number of aliphatic carboxylic acids is 1. The second kappa shape index (κ2) is 10.6. The summed E-state index contributed by atoms with van der Waals surface area (Å²) in [6.07, 6.45) is 15.9. The number of hydrogen-bond donors (Lipinski definition) is 1. The first-order valence-corrected chi connectivity index (χ1v) is 12.5. The SMILES string of the molecule is CC(C=CC1=C(C)CCCC1(C)C)=CC=CC(C)=C(C(=O)O)C1CCc2ccccc2S1. The Labute approximate surface area is 197 Å². The van der Waals surface area contributed by atoms with Crippen molar-refractivity contribution in [3.05, 3.63) is 88.1 Å². The molecule has 0 saturated carbocycles. The van der Waals surface area contributed by atoms with E-state index in [2.05, 4.69) is 64.1 Å². The molecule has 3 heteroatoms. The van der Waals surface area contributed by atoms with Gasteiger partial charge >= 0.3 is 5.97 Å².